The number of aromatic nitrogens is 2. The largest absolute Gasteiger partial charge is 0.378 e. The van der Waals surface area contributed by atoms with Crippen LogP contribution in [0, 0.1) is 10.5 Å². The molecule has 0 saturated heterocycles. The first kappa shape index (κ1) is 19.9. The molecule has 0 N–H and O–H groups in total. The predicted molar refractivity (Wildman–Crippen MR) is 94.1 cm³/mol. The molecule has 0 amide bonds. The third kappa shape index (κ3) is 8.75. The van der Waals surface area contributed by atoms with Crippen LogP contribution < -0.4 is 0 Å². The van der Waals surface area contributed by atoms with Gasteiger partial charge >= 0.3 is 0 Å². The zero-order chi connectivity index (χ0) is 14.8. The van der Waals surface area contributed by atoms with Gasteiger partial charge in [0.1, 0.15) is 0 Å². The van der Waals surface area contributed by atoms with Crippen LogP contribution in [0.15, 0.2) is 36.7 Å². The van der Waals surface area contributed by atoms with Gasteiger partial charge in [-0.2, -0.15) is 0 Å². The van der Waals surface area contributed by atoms with Gasteiger partial charge in [-0.05, 0) is 59.3 Å². The van der Waals surface area contributed by atoms with Crippen LogP contribution >= 0.6 is 22.6 Å². The van der Waals surface area contributed by atoms with Crippen molar-refractivity contribution in [3.05, 3.63) is 57.2 Å². The van der Waals surface area contributed by atoms with E-state index in [0.29, 0.717) is 13.2 Å². The summed E-state index contributed by atoms with van der Waals surface area (Å²) in [6.07, 6.45) is 3.58. The first-order chi connectivity index (χ1) is 9.65. The molecule has 2 rings (SSSR count). The molecule has 21 heavy (non-hydrogen) atoms. The molecule has 0 spiro atoms. The fraction of sp³-hybridized carbons (Fsp3) is 0.375. The Balaban J connectivity index is 0.000000364. The average Bonchev–Trinajstić information content (AvgIpc) is 2.40. The van der Waals surface area contributed by atoms with Gasteiger partial charge in [-0.1, -0.05) is 7.43 Å². The van der Waals surface area contributed by atoms with E-state index in [1.807, 2.05) is 31.2 Å². The van der Waals surface area contributed by atoms with Crippen LogP contribution in [0.5, 0.6) is 0 Å². The fourth-order valence-electron chi connectivity index (χ4n) is 1.50. The molecule has 0 fully saturated rings. The minimum Gasteiger partial charge on any atom is -0.378 e. The van der Waals surface area contributed by atoms with Crippen LogP contribution in [0.1, 0.15) is 24.4 Å². The summed E-state index contributed by atoms with van der Waals surface area (Å²) in [4.78, 5) is 8.20. The van der Waals surface area contributed by atoms with Gasteiger partial charge in [0.2, 0.25) is 0 Å². The van der Waals surface area contributed by atoms with Crippen molar-refractivity contribution < 1.29 is 9.47 Å². The van der Waals surface area contributed by atoms with Crippen molar-refractivity contribution >= 4 is 22.6 Å². The summed E-state index contributed by atoms with van der Waals surface area (Å²) < 4.78 is 11.0. The molecule has 0 radical (unpaired) electrons. The maximum Gasteiger partial charge on any atom is 0.0884 e. The number of halogens is 1. The molecule has 4 nitrogen and oxygen atoms in total. The molecule has 2 aromatic rings. The number of pyridine rings is 2. The van der Waals surface area contributed by atoms with Gasteiger partial charge in [-0.3, -0.25) is 9.97 Å². The van der Waals surface area contributed by atoms with Crippen molar-refractivity contribution in [3.63, 3.8) is 0 Å². The molecule has 0 saturated carbocycles. The van der Waals surface area contributed by atoms with Crippen molar-refractivity contribution in [1.29, 1.82) is 0 Å². The van der Waals surface area contributed by atoms with Gasteiger partial charge in [-0.25, -0.2) is 0 Å². The predicted octanol–water partition coefficient (Wildman–Crippen LogP) is 4.01. The summed E-state index contributed by atoms with van der Waals surface area (Å²) in [6, 6.07) is 7.95. The first-order valence-corrected chi connectivity index (χ1v) is 7.23. The minimum absolute atomic E-state index is 0. The second-order valence-corrected chi connectivity index (χ2v) is 5.40. The molecular weight excluding hydrogens is 379 g/mol. The molecule has 5 heteroatoms. The number of hydrogen-bond donors (Lipinski definition) is 0. The molecule has 0 aromatic carbocycles. The van der Waals surface area contributed by atoms with Crippen LogP contribution in [0.3, 0.4) is 0 Å². The Morgan fingerprint density at radius 1 is 0.952 bits per heavy atom. The maximum atomic E-state index is 4.92. The van der Waals surface area contributed by atoms with Gasteiger partial charge in [-0.15, -0.1) is 0 Å². The lowest BCUT2D eigenvalue weighted by molar-refractivity contribution is 0.181. The highest BCUT2D eigenvalue weighted by molar-refractivity contribution is 14.1. The molecular formula is C16H23IN2O2. The van der Waals surface area contributed by atoms with Gasteiger partial charge in [0.05, 0.1) is 24.6 Å². The lowest BCUT2D eigenvalue weighted by Crippen LogP contribution is -1.91. The average molecular weight is 402 g/mol. The Morgan fingerprint density at radius 2 is 1.48 bits per heavy atom. The zero-order valence-corrected chi connectivity index (χ0v) is 14.1. The fourth-order valence-corrected chi connectivity index (χ4v) is 2.02. The van der Waals surface area contributed by atoms with E-state index in [4.69, 9.17) is 9.47 Å². The highest BCUT2D eigenvalue weighted by Crippen LogP contribution is 2.04. The van der Waals surface area contributed by atoms with E-state index in [-0.39, 0.29) is 7.43 Å². The third-order valence-corrected chi connectivity index (χ3v) is 3.01. The summed E-state index contributed by atoms with van der Waals surface area (Å²) in [7, 11) is 3.34. The molecule has 0 unspecified atom stereocenters. The Bertz CT molecular complexity index is 474. The normalized spacial score (nSPS) is 9.33. The molecule has 0 atom stereocenters. The van der Waals surface area contributed by atoms with Gasteiger partial charge in [0.15, 0.2) is 0 Å². The number of aryl methyl sites for hydroxylation is 1. The summed E-state index contributed by atoms with van der Waals surface area (Å²) in [5.74, 6) is 0. The Hall–Kier alpha value is -1.05. The number of rotatable bonds is 4. The Labute approximate surface area is 141 Å². The van der Waals surface area contributed by atoms with Gasteiger partial charge in [0.25, 0.3) is 0 Å². The van der Waals surface area contributed by atoms with E-state index in [2.05, 4.69) is 32.6 Å². The van der Waals surface area contributed by atoms with Crippen LogP contribution in [-0.2, 0) is 22.7 Å². The van der Waals surface area contributed by atoms with Crippen molar-refractivity contribution in [3.8, 4) is 0 Å². The van der Waals surface area contributed by atoms with E-state index in [0.717, 1.165) is 11.4 Å². The van der Waals surface area contributed by atoms with Gasteiger partial charge in [0, 0.05) is 30.2 Å². The topological polar surface area (TPSA) is 44.2 Å². The van der Waals surface area contributed by atoms with Crippen LogP contribution in [0.4, 0.5) is 0 Å². The molecule has 0 aliphatic carbocycles. The van der Waals surface area contributed by atoms with E-state index < -0.39 is 0 Å². The molecule has 0 aliphatic rings. The van der Waals surface area contributed by atoms with Crippen molar-refractivity contribution in [2.75, 3.05) is 14.2 Å². The second kappa shape index (κ2) is 11.6. The SMILES string of the molecule is C.COCc1cc(C)ccn1.COCc1cc(I)ccn1. The minimum atomic E-state index is 0. The number of ether oxygens (including phenoxy) is 2. The number of nitrogens with zero attached hydrogens (tertiary/aromatic N) is 2. The third-order valence-electron chi connectivity index (χ3n) is 2.34. The molecule has 116 valence electrons. The Kier molecular flexibility index (Phi) is 11.0. The standard InChI is InChI=1S/C8H11NO.C7H8INO.CH4/c1-7-3-4-9-8(5-7)6-10-2;1-10-5-7-4-6(8)2-3-9-7;/h3-5H,6H2,1-2H3;2-4H,5H2,1H3;1H4. The molecule has 2 aromatic heterocycles. The van der Waals surface area contributed by atoms with Crippen molar-refractivity contribution in [1.82, 2.24) is 9.97 Å². The quantitative estimate of drug-likeness (QED) is 0.726. The highest BCUT2D eigenvalue weighted by Gasteiger charge is 1.92. The van der Waals surface area contributed by atoms with Crippen LogP contribution in [-0.4, -0.2) is 24.2 Å². The Morgan fingerprint density at radius 3 is 1.95 bits per heavy atom. The zero-order valence-electron chi connectivity index (χ0n) is 12.0. The van der Waals surface area contributed by atoms with E-state index in [1.165, 1.54) is 9.13 Å². The summed E-state index contributed by atoms with van der Waals surface area (Å²) in [6.45, 7) is 3.24. The summed E-state index contributed by atoms with van der Waals surface area (Å²) in [5, 5.41) is 0. The van der Waals surface area contributed by atoms with Gasteiger partial charge < -0.3 is 9.47 Å². The molecule has 2 heterocycles. The van der Waals surface area contributed by atoms with Crippen LogP contribution in [0.25, 0.3) is 0 Å². The number of hydrogen-bond acceptors (Lipinski definition) is 4. The van der Waals surface area contributed by atoms with Crippen LogP contribution in [0.2, 0.25) is 0 Å². The van der Waals surface area contributed by atoms with E-state index >= 15 is 0 Å². The smallest absolute Gasteiger partial charge is 0.0884 e. The van der Waals surface area contributed by atoms with E-state index in [1.54, 1.807) is 26.6 Å². The van der Waals surface area contributed by atoms with Crippen molar-refractivity contribution in [2.24, 2.45) is 0 Å². The summed E-state index contributed by atoms with van der Waals surface area (Å²) in [5.41, 5.74) is 3.19. The lowest BCUT2D eigenvalue weighted by atomic mass is 10.2. The second-order valence-electron chi connectivity index (χ2n) is 4.16. The lowest BCUT2D eigenvalue weighted by Gasteiger charge is -1.97. The summed E-state index contributed by atoms with van der Waals surface area (Å²) >= 11 is 2.25. The molecule has 0 aliphatic heterocycles. The maximum absolute atomic E-state index is 4.92. The first-order valence-electron chi connectivity index (χ1n) is 6.15. The monoisotopic (exact) mass is 402 g/mol. The highest BCUT2D eigenvalue weighted by atomic mass is 127. The van der Waals surface area contributed by atoms with E-state index in [9.17, 15) is 0 Å². The molecule has 0 bridgehead atoms. The number of methoxy groups -OCH3 is 2. The van der Waals surface area contributed by atoms with Crippen molar-refractivity contribution in [2.45, 2.75) is 27.6 Å².